The van der Waals surface area contributed by atoms with E-state index in [1.165, 1.54) is 0 Å². The molecule has 3 heteroatoms. The highest BCUT2D eigenvalue weighted by Gasteiger charge is 2.16. The number of carbonyl (C=O) groups excluding carboxylic acids is 1. The van der Waals surface area contributed by atoms with Crippen LogP contribution in [0.2, 0.25) is 0 Å². The second kappa shape index (κ2) is 5.22. The smallest absolute Gasteiger partial charge is 0.306 e. The van der Waals surface area contributed by atoms with Crippen molar-refractivity contribution in [3.63, 3.8) is 0 Å². The van der Waals surface area contributed by atoms with Crippen molar-refractivity contribution in [3.8, 4) is 0 Å². The van der Waals surface area contributed by atoms with E-state index in [2.05, 4.69) is 0 Å². The van der Waals surface area contributed by atoms with Crippen molar-refractivity contribution in [3.05, 3.63) is 0 Å². The molecule has 1 atom stereocenters. The van der Waals surface area contributed by atoms with E-state index in [1.54, 1.807) is 0 Å². The van der Waals surface area contributed by atoms with Gasteiger partial charge in [-0.3, -0.25) is 4.79 Å². The fourth-order valence-electron chi connectivity index (χ4n) is 0.848. The van der Waals surface area contributed by atoms with Crippen LogP contribution in [0.25, 0.3) is 0 Å². The lowest BCUT2D eigenvalue weighted by Crippen LogP contribution is -2.24. The quantitative estimate of drug-likeness (QED) is 0.683. The second-order valence-corrected chi connectivity index (χ2v) is 4.41. The summed E-state index contributed by atoms with van der Waals surface area (Å²) in [4.78, 5) is 11.2. The second-order valence-electron chi connectivity index (χ2n) is 4.41. The molecule has 0 aliphatic heterocycles. The number of ether oxygens (including phenoxy) is 1. The Labute approximate surface area is 80.1 Å². The molecule has 1 N–H and O–H groups in total. The molecule has 13 heavy (non-hydrogen) atoms. The van der Waals surface area contributed by atoms with Gasteiger partial charge in [0.25, 0.3) is 0 Å². The lowest BCUT2D eigenvalue weighted by atomic mass is 10.1. The monoisotopic (exact) mass is 188 g/mol. The average molecular weight is 188 g/mol. The molecule has 0 amide bonds. The average Bonchev–Trinajstić information content (AvgIpc) is 1.97. The Kier molecular flexibility index (Phi) is 4.99. The molecular weight excluding hydrogens is 168 g/mol. The third-order valence-electron chi connectivity index (χ3n) is 1.57. The van der Waals surface area contributed by atoms with Gasteiger partial charge in [-0.1, -0.05) is 6.92 Å². The van der Waals surface area contributed by atoms with E-state index < -0.39 is 5.60 Å². The van der Waals surface area contributed by atoms with Crippen molar-refractivity contribution >= 4 is 5.97 Å². The maximum Gasteiger partial charge on any atom is 0.306 e. The summed E-state index contributed by atoms with van der Waals surface area (Å²) in [5, 5.41) is 8.73. The zero-order valence-electron chi connectivity index (χ0n) is 8.96. The van der Waals surface area contributed by atoms with E-state index in [-0.39, 0.29) is 18.5 Å². The molecule has 0 saturated heterocycles. The van der Waals surface area contributed by atoms with Crippen LogP contribution in [0.1, 0.15) is 40.5 Å². The maximum absolute atomic E-state index is 11.2. The van der Waals surface area contributed by atoms with Crippen molar-refractivity contribution in [1.82, 2.24) is 0 Å². The van der Waals surface area contributed by atoms with Crippen LogP contribution in [0.4, 0.5) is 0 Å². The summed E-state index contributed by atoms with van der Waals surface area (Å²) in [5.74, 6) is -0.0136. The summed E-state index contributed by atoms with van der Waals surface area (Å²) in [6, 6.07) is 0. The Morgan fingerprint density at radius 2 is 2.00 bits per heavy atom. The fraction of sp³-hybridized carbons (Fsp3) is 0.900. The number of rotatable bonds is 4. The largest absolute Gasteiger partial charge is 0.460 e. The summed E-state index contributed by atoms with van der Waals surface area (Å²) in [7, 11) is 0. The zero-order chi connectivity index (χ0) is 10.5. The first-order chi connectivity index (χ1) is 5.85. The third kappa shape index (κ3) is 7.78. The van der Waals surface area contributed by atoms with Crippen LogP contribution in [-0.2, 0) is 9.53 Å². The molecule has 3 nitrogen and oxygen atoms in total. The minimum absolute atomic E-state index is 0.128. The van der Waals surface area contributed by atoms with Gasteiger partial charge in [-0.15, -0.1) is 0 Å². The van der Waals surface area contributed by atoms with E-state index in [0.717, 1.165) is 0 Å². The minimum Gasteiger partial charge on any atom is -0.460 e. The Morgan fingerprint density at radius 1 is 1.46 bits per heavy atom. The first-order valence-corrected chi connectivity index (χ1v) is 4.68. The van der Waals surface area contributed by atoms with Crippen molar-refractivity contribution < 1.29 is 14.6 Å². The van der Waals surface area contributed by atoms with Crippen LogP contribution in [-0.4, -0.2) is 23.3 Å². The standard InChI is InChI=1S/C10H20O3/c1-8(7-11)5-6-9(12)13-10(2,3)4/h8,11H,5-7H2,1-4H3/t8-/m1/s1. The van der Waals surface area contributed by atoms with Gasteiger partial charge in [0.05, 0.1) is 0 Å². The molecule has 0 spiro atoms. The predicted molar refractivity (Wildman–Crippen MR) is 51.3 cm³/mol. The Bertz CT molecular complexity index is 158. The van der Waals surface area contributed by atoms with Gasteiger partial charge in [0.1, 0.15) is 5.60 Å². The van der Waals surface area contributed by atoms with E-state index in [0.29, 0.717) is 12.8 Å². The summed E-state index contributed by atoms with van der Waals surface area (Å²) in [6.07, 6.45) is 1.07. The topological polar surface area (TPSA) is 46.5 Å². The first kappa shape index (κ1) is 12.4. The van der Waals surface area contributed by atoms with Gasteiger partial charge in [0.15, 0.2) is 0 Å². The van der Waals surface area contributed by atoms with Gasteiger partial charge in [-0.2, -0.15) is 0 Å². The molecular formula is C10H20O3. The molecule has 0 heterocycles. The van der Waals surface area contributed by atoms with Gasteiger partial charge in [0, 0.05) is 13.0 Å². The third-order valence-corrected chi connectivity index (χ3v) is 1.57. The molecule has 0 unspecified atom stereocenters. The maximum atomic E-state index is 11.2. The van der Waals surface area contributed by atoms with E-state index in [4.69, 9.17) is 9.84 Å². The fourth-order valence-corrected chi connectivity index (χ4v) is 0.848. The van der Waals surface area contributed by atoms with Gasteiger partial charge in [-0.25, -0.2) is 0 Å². The number of esters is 1. The van der Waals surface area contributed by atoms with E-state index in [9.17, 15) is 4.79 Å². The number of aliphatic hydroxyl groups excluding tert-OH is 1. The van der Waals surface area contributed by atoms with Crippen molar-refractivity contribution in [1.29, 1.82) is 0 Å². The molecule has 0 bridgehead atoms. The summed E-state index contributed by atoms with van der Waals surface area (Å²) in [6.45, 7) is 7.58. The lowest BCUT2D eigenvalue weighted by molar-refractivity contribution is -0.155. The van der Waals surface area contributed by atoms with Gasteiger partial charge >= 0.3 is 5.97 Å². The highest BCUT2D eigenvalue weighted by molar-refractivity contribution is 5.69. The first-order valence-electron chi connectivity index (χ1n) is 4.68. The molecule has 0 fully saturated rings. The summed E-state index contributed by atoms with van der Waals surface area (Å²) < 4.78 is 5.11. The van der Waals surface area contributed by atoms with Crippen molar-refractivity contribution in [2.75, 3.05) is 6.61 Å². The van der Waals surface area contributed by atoms with Gasteiger partial charge < -0.3 is 9.84 Å². The number of hydrogen-bond acceptors (Lipinski definition) is 3. The minimum atomic E-state index is -0.403. The molecule has 78 valence electrons. The molecule has 0 aromatic rings. The Hall–Kier alpha value is -0.570. The van der Waals surface area contributed by atoms with E-state index in [1.807, 2.05) is 27.7 Å². The van der Waals surface area contributed by atoms with Crippen LogP contribution >= 0.6 is 0 Å². The Morgan fingerprint density at radius 3 is 2.38 bits per heavy atom. The molecule has 0 aliphatic carbocycles. The van der Waals surface area contributed by atoms with Crippen LogP contribution in [0.5, 0.6) is 0 Å². The van der Waals surface area contributed by atoms with Crippen LogP contribution in [0, 0.1) is 5.92 Å². The van der Waals surface area contributed by atoms with Gasteiger partial charge in [0.2, 0.25) is 0 Å². The molecule has 0 aromatic heterocycles. The van der Waals surface area contributed by atoms with E-state index >= 15 is 0 Å². The van der Waals surface area contributed by atoms with Gasteiger partial charge in [-0.05, 0) is 33.1 Å². The Balaban J connectivity index is 3.64. The van der Waals surface area contributed by atoms with Crippen molar-refractivity contribution in [2.24, 2.45) is 5.92 Å². The van der Waals surface area contributed by atoms with Crippen LogP contribution in [0.15, 0.2) is 0 Å². The SMILES string of the molecule is C[C@@H](CO)CCC(=O)OC(C)(C)C. The highest BCUT2D eigenvalue weighted by atomic mass is 16.6. The number of aliphatic hydroxyl groups is 1. The molecule has 0 saturated carbocycles. The lowest BCUT2D eigenvalue weighted by Gasteiger charge is -2.19. The predicted octanol–water partition coefficient (Wildman–Crippen LogP) is 1.74. The molecule has 0 aliphatic rings. The number of carbonyl (C=O) groups is 1. The summed E-state index contributed by atoms with van der Waals surface area (Å²) in [5.41, 5.74) is -0.403. The number of hydrogen-bond donors (Lipinski definition) is 1. The molecule has 0 aromatic carbocycles. The summed E-state index contributed by atoms with van der Waals surface area (Å²) >= 11 is 0. The van der Waals surface area contributed by atoms with Crippen LogP contribution in [0.3, 0.4) is 0 Å². The molecule has 0 radical (unpaired) electrons. The normalized spacial score (nSPS) is 13.9. The molecule has 0 rings (SSSR count). The zero-order valence-corrected chi connectivity index (χ0v) is 8.96. The van der Waals surface area contributed by atoms with Crippen LogP contribution < -0.4 is 0 Å². The highest BCUT2D eigenvalue weighted by Crippen LogP contribution is 2.11. The van der Waals surface area contributed by atoms with Crippen molar-refractivity contribution in [2.45, 2.75) is 46.1 Å².